The third-order valence-electron chi connectivity index (χ3n) is 3.00. The largest absolute Gasteiger partial charge is 0.369 e. The van der Waals surface area contributed by atoms with Crippen molar-refractivity contribution in [3.05, 3.63) is 18.3 Å². The predicted octanol–water partition coefficient (Wildman–Crippen LogP) is 2.62. The molecule has 0 spiro atoms. The van der Waals surface area contributed by atoms with Crippen LogP contribution in [0.4, 0.5) is 5.95 Å². The second kappa shape index (κ2) is 4.12. The third-order valence-corrected chi connectivity index (χ3v) is 3.00. The van der Waals surface area contributed by atoms with Gasteiger partial charge in [-0.15, -0.1) is 0 Å². The Morgan fingerprint density at radius 2 is 2.19 bits per heavy atom. The lowest BCUT2D eigenvalue weighted by Gasteiger charge is -2.22. The molecule has 0 aliphatic rings. The van der Waals surface area contributed by atoms with Gasteiger partial charge in [-0.3, -0.25) is 4.57 Å². The van der Waals surface area contributed by atoms with Crippen molar-refractivity contribution in [2.24, 2.45) is 5.92 Å². The Kier molecular flexibility index (Phi) is 2.81. The van der Waals surface area contributed by atoms with E-state index < -0.39 is 0 Å². The highest BCUT2D eigenvalue weighted by Crippen LogP contribution is 2.28. The van der Waals surface area contributed by atoms with E-state index in [9.17, 15) is 0 Å². The van der Waals surface area contributed by atoms with Crippen LogP contribution in [0.1, 0.15) is 33.2 Å². The van der Waals surface area contributed by atoms with E-state index in [0.29, 0.717) is 17.9 Å². The molecular weight excluding hydrogens is 200 g/mol. The van der Waals surface area contributed by atoms with Gasteiger partial charge in [0.25, 0.3) is 0 Å². The molecule has 4 nitrogen and oxygen atoms in total. The molecule has 2 N–H and O–H groups in total. The zero-order valence-electron chi connectivity index (χ0n) is 10.0. The molecule has 0 amide bonds. The summed E-state index contributed by atoms with van der Waals surface area (Å²) in [5.74, 6) is 1.08. The van der Waals surface area contributed by atoms with Gasteiger partial charge in [0.15, 0.2) is 5.65 Å². The molecule has 0 saturated heterocycles. The average molecular weight is 218 g/mol. The number of imidazole rings is 1. The summed E-state index contributed by atoms with van der Waals surface area (Å²) in [4.78, 5) is 8.72. The van der Waals surface area contributed by atoms with E-state index in [2.05, 4.69) is 35.3 Å². The number of nitrogens with two attached hydrogens (primary N) is 1. The van der Waals surface area contributed by atoms with Crippen molar-refractivity contribution < 1.29 is 0 Å². The summed E-state index contributed by atoms with van der Waals surface area (Å²) >= 11 is 0. The highest BCUT2D eigenvalue weighted by Gasteiger charge is 2.19. The van der Waals surface area contributed by atoms with Gasteiger partial charge < -0.3 is 5.73 Å². The van der Waals surface area contributed by atoms with Gasteiger partial charge in [-0.25, -0.2) is 9.97 Å². The van der Waals surface area contributed by atoms with Crippen LogP contribution in [-0.4, -0.2) is 14.5 Å². The van der Waals surface area contributed by atoms with Gasteiger partial charge >= 0.3 is 0 Å². The van der Waals surface area contributed by atoms with Gasteiger partial charge in [-0.1, -0.05) is 20.8 Å². The standard InChI is InChI=1S/C12H18N4/c1-4-10(8(2)3)16-11-9(15-12(16)13)6-5-7-14-11/h5-8,10H,4H2,1-3H3,(H2,13,15). The van der Waals surface area contributed by atoms with Crippen LogP contribution >= 0.6 is 0 Å². The monoisotopic (exact) mass is 218 g/mol. The first-order valence-electron chi connectivity index (χ1n) is 5.73. The fourth-order valence-electron chi connectivity index (χ4n) is 2.23. The van der Waals surface area contributed by atoms with Crippen molar-refractivity contribution in [1.82, 2.24) is 14.5 Å². The smallest absolute Gasteiger partial charge is 0.202 e. The summed E-state index contributed by atoms with van der Waals surface area (Å²) in [6, 6.07) is 4.19. The van der Waals surface area contributed by atoms with E-state index in [0.717, 1.165) is 17.6 Å². The van der Waals surface area contributed by atoms with Gasteiger partial charge in [0.1, 0.15) is 5.52 Å². The molecule has 2 heterocycles. The number of hydrogen-bond acceptors (Lipinski definition) is 3. The summed E-state index contributed by atoms with van der Waals surface area (Å²) in [7, 11) is 0. The normalized spacial score (nSPS) is 13.5. The highest BCUT2D eigenvalue weighted by atomic mass is 15.2. The van der Waals surface area contributed by atoms with Crippen molar-refractivity contribution in [2.45, 2.75) is 33.2 Å². The van der Waals surface area contributed by atoms with Crippen molar-refractivity contribution in [1.29, 1.82) is 0 Å². The SMILES string of the molecule is CCC(C(C)C)n1c(N)nc2cccnc21. The Hall–Kier alpha value is -1.58. The van der Waals surface area contributed by atoms with E-state index >= 15 is 0 Å². The Morgan fingerprint density at radius 1 is 1.44 bits per heavy atom. The molecule has 0 bridgehead atoms. The maximum Gasteiger partial charge on any atom is 0.202 e. The molecule has 0 radical (unpaired) electrons. The van der Waals surface area contributed by atoms with Gasteiger partial charge in [0.2, 0.25) is 5.95 Å². The van der Waals surface area contributed by atoms with Crippen molar-refractivity contribution in [3.63, 3.8) is 0 Å². The zero-order chi connectivity index (χ0) is 11.7. The highest BCUT2D eigenvalue weighted by molar-refractivity contribution is 5.73. The molecule has 1 atom stereocenters. The van der Waals surface area contributed by atoms with Crippen molar-refractivity contribution in [2.75, 3.05) is 5.73 Å². The average Bonchev–Trinajstić information content (AvgIpc) is 2.57. The van der Waals surface area contributed by atoms with Gasteiger partial charge in [-0.05, 0) is 24.5 Å². The van der Waals surface area contributed by atoms with Gasteiger partial charge in [0, 0.05) is 12.2 Å². The number of rotatable bonds is 3. The fourth-order valence-corrected chi connectivity index (χ4v) is 2.23. The minimum absolute atomic E-state index is 0.361. The van der Waals surface area contributed by atoms with E-state index in [4.69, 9.17) is 5.73 Å². The maximum atomic E-state index is 5.98. The molecule has 4 heteroatoms. The molecule has 2 rings (SSSR count). The molecule has 0 saturated carbocycles. The number of pyridine rings is 1. The number of aromatic nitrogens is 3. The van der Waals surface area contributed by atoms with Crippen molar-refractivity contribution in [3.8, 4) is 0 Å². The lowest BCUT2D eigenvalue weighted by molar-refractivity contribution is 0.376. The Morgan fingerprint density at radius 3 is 2.81 bits per heavy atom. The van der Waals surface area contributed by atoms with Crippen LogP contribution in [-0.2, 0) is 0 Å². The topological polar surface area (TPSA) is 56.7 Å². The minimum atomic E-state index is 0.361. The summed E-state index contributed by atoms with van der Waals surface area (Å²) in [6.45, 7) is 6.56. The van der Waals surface area contributed by atoms with E-state index in [1.54, 1.807) is 6.20 Å². The Bertz CT molecular complexity index is 487. The van der Waals surface area contributed by atoms with E-state index in [1.807, 2.05) is 12.1 Å². The third kappa shape index (κ3) is 1.64. The number of anilines is 1. The lowest BCUT2D eigenvalue weighted by atomic mass is 10.0. The Balaban J connectivity index is 2.62. The van der Waals surface area contributed by atoms with Crippen LogP contribution in [0.3, 0.4) is 0 Å². The molecule has 2 aromatic heterocycles. The van der Waals surface area contributed by atoms with Crippen LogP contribution in [0.2, 0.25) is 0 Å². The van der Waals surface area contributed by atoms with Gasteiger partial charge in [-0.2, -0.15) is 0 Å². The minimum Gasteiger partial charge on any atom is -0.369 e. The first kappa shape index (κ1) is 10.9. The van der Waals surface area contributed by atoms with Crippen LogP contribution < -0.4 is 5.73 Å². The maximum absolute atomic E-state index is 5.98. The molecule has 86 valence electrons. The molecule has 16 heavy (non-hydrogen) atoms. The summed E-state index contributed by atoms with van der Waals surface area (Å²) in [5, 5.41) is 0. The van der Waals surface area contributed by atoms with Crippen LogP contribution in [0.25, 0.3) is 11.2 Å². The summed E-state index contributed by atoms with van der Waals surface area (Å²) in [6.07, 6.45) is 2.82. The van der Waals surface area contributed by atoms with E-state index in [-0.39, 0.29) is 0 Å². The van der Waals surface area contributed by atoms with Crippen LogP contribution in [0.5, 0.6) is 0 Å². The number of fused-ring (bicyclic) bond motifs is 1. The molecule has 2 aromatic rings. The molecule has 0 fully saturated rings. The molecular formula is C12H18N4. The molecule has 0 aliphatic carbocycles. The van der Waals surface area contributed by atoms with Crippen molar-refractivity contribution >= 4 is 17.1 Å². The quantitative estimate of drug-likeness (QED) is 0.861. The zero-order valence-corrected chi connectivity index (χ0v) is 10.0. The van der Waals surface area contributed by atoms with E-state index in [1.165, 1.54) is 0 Å². The molecule has 1 unspecified atom stereocenters. The predicted molar refractivity (Wildman–Crippen MR) is 66.1 cm³/mol. The second-order valence-electron chi connectivity index (χ2n) is 4.41. The first-order valence-corrected chi connectivity index (χ1v) is 5.73. The first-order chi connectivity index (χ1) is 7.65. The molecule has 0 aliphatic heterocycles. The second-order valence-corrected chi connectivity index (χ2v) is 4.41. The fraction of sp³-hybridized carbons (Fsp3) is 0.500. The Labute approximate surface area is 95.5 Å². The molecule has 0 aromatic carbocycles. The van der Waals surface area contributed by atoms with Gasteiger partial charge in [0.05, 0.1) is 0 Å². The lowest BCUT2D eigenvalue weighted by Crippen LogP contribution is -2.16. The summed E-state index contributed by atoms with van der Waals surface area (Å²) in [5.41, 5.74) is 7.74. The van der Waals surface area contributed by atoms with Crippen LogP contribution in [0.15, 0.2) is 18.3 Å². The number of hydrogen-bond donors (Lipinski definition) is 1. The summed E-state index contributed by atoms with van der Waals surface area (Å²) < 4.78 is 2.06. The van der Waals surface area contributed by atoms with Crippen LogP contribution in [0, 0.1) is 5.92 Å². The number of nitrogens with zero attached hydrogens (tertiary/aromatic N) is 3. The number of nitrogen functional groups attached to an aromatic ring is 1.